The number of hydrogen-bond acceptors (Lipinski definition) is 4. The van der Waals surface area contributed by atoms with E-state index in [-0.39, 0.29) is 12.4 Å². The van der Waals surface area contributed by atoms with Crippen LogP contribution in [0.4, 0.5) is 5.69 Å². The number of nitrogens with one attached hydrogen (secondary N) is 1. The Labute approximate surface area is 181 Å². The van der Waals surface area contributed by atoms with Crippen LogP contribution in [-0.2, 0) is 25.1 Å². The summed E-state index contributed by atoms with van der Waals surface area (Å²) in [4.78, 5) is 12.0. The Kier molecular flexibility index (Phi) is 6.43. The van der Waals surface area contributed by atoms with Gasteiger partial charge in [0, 0.05) is 23.0 Å². The SMILES string of the molecule is CCC(CCC(=O)OC)(c1ccc(Cl)cc1)n1ccc2c(NS(C)(=O)=O)cccc21. The predicted molar refractivity (Wildman–Crippen MR) is 120 cm³/mol. The lowest BCUT2D eigenvalue weighted by atomic mass is 9.82. The zero-order chi connectivity index (χ0) is 21.9. The van der Waals surface area contributed by atoms with Gasteiger partial charge in [-0.2, -0.15) is 0 Å². The minimum absolute atomic E-state index is 0.244. The van der Waals surface area contributed by atoms with E-state index in [1.54, 1.807) is 6.07 Å². The van der Waals surface area contributed by atoms with Crippen molar-refractivity contribution in [2.45, 2.75) is 31.7 Å². The Morgan fingerprint density at radius 3 is 2.47 bits per heavy atom. The Morgan fingerprint density at radius 2 is 1.87 bits per heavy atom. The van der Waals surface area contributed by atoms with Crippen LogP contribution in [-0.4, -0.2) is 32.3 Å². The van der Waals surface area contributed by atoms with E-state index in [9.17, 15) is 13.2 Å². The monoisotopic (exact) mass is 448 g/mol. The van der Waals surface area contributed by atoms with Gasteiger partial charge in [-0.3, -0.25) is 9.52 Å². The molecule has 0 fully saturated rings. The summed E-state index contributed by atoms with van der Waals surface area (Å²) in [5.74, 6) is -0.280. The lowest BCUT2D eigenvalue weighted by Crippen LogP contribution is -2.34. The van der Waals surface area contributed by atoms with E-state index >= 15 is 0 Å². The second kappa shape index (κ2) is 8.70. The van der Waals surface area contributed by atoms with Gasteiger partial charge in [0.2, 0.25) is 10.0 Å². The van der Waals surface area contributed by atoms with Crippen LogP contribution in [0.5, 0.6) is 0 Å². The van der Waals surface area contributed by atoms with E-state index in [0.29, 0.717) is 23.6 Å². The normalized spacial score (nSPS) is 13.7. The van der Waals surface area contributed by atoms with Crippen molar-refractivity contribution >= 4 is 44.2 Å². The van der Waals surface area contributed by atoms with Crippen LogP contribution in [0.1, 0.15) is 31.7 Å². The van der Waals surface area contributed by atoms with Crippen LogP contribution in [0.15, 0.2) is 54.7 Å². The number of carbonyl (C=O) groups is 1. The summed E-state index contributed by atoms with van der Waals surface area (Å²) < 4.78 is 33.1. The fourth-order valence-corrected chi connectivity index (χ4v) is 4.66. The third-order valence-corrected chi connectivity index (χ3v) is 6.27. The summed E-state index contributed by atoms with van der Waals surface area (Å²) in [6, 6.07) is 15.0. The summed E-state index contributed by atoms with van der Waals surface area (Å²) in [5, 5.41) is 1.42. The smallest absolute Gasteiger partial charge is 0.305 e. The summed E-state index contributed by atoms with van der Waals surface area (Å²) in [6.07, 6.45) is 4.54. The number of fused-ring (bicyclic) bond motifs is 1. The lowest BCUT2D eigenvalue weighted by molar-refractivity contribution is -0.141. The minimum atomic E-state index is -3.42. The summed E-state index contributed by atoms with van der Waals surface area (Å²) in [5.41, 5.74) is 1.86. The van der Waals surface area contributed by atoms with Gasteiger partial charge in [-0.05, 0) is 48.7 Å². The van der Waals surface area contributed by atoms with Crippen molar-refractivity contribution < 1.29 is 17.9 Å². The molecule has 1 aromatic heterocycles. The van der Waals surface area contributed by atoms with Crippen molar-refractivity contribution in [1.29, 1.82) is 0 Å². The standard InChI is InChI=1S/C22H25ClN2O4S/c1-4-22(14-12-21(26)29-2,16-8-10-17(23)11-9-16)25-15-13-18-19(24-30(3,27)28)6-5-7-20(18)25/h5-11,13,15,24H,4,12,14H2,1-3H3. The van der Waals surface area contributed by atoms with Crippen LogP contribution < -0.4 is 4.72 Å². The molecule has 1 heterocycles. The molecular weight excluding hydrogens is 424 g/mol. The maximum absolute atomic E-state index is 12.0. The second-order valence-electron chi connectivity index (χ2n) is 7.27. The number of sulfonamides is 1. The van der Waals surface area contributed by atoms with E-state index in [1.807, 2.05) is 48.7 Å². The molecule has 3 aromatic rings. The van der Waals surface area contributed by atoms with Gasteiger partial charge in [0.05, 0.1) is 30.1 Å². The van der Waals surface area contributed by atoms with Crippen LogP contribution in [0.2, 0.25) is 5.02 Å². The van der Waals surface area contributed by atoms with E-state index in [2.05, 4.69) is 16.2 Å². The molecule has 1 N–H and O–H groups in total. The van der Waals surface area contributed by atoms with E-state index in [0.717, 1.165) is 22.7 Å². The molecule has 2 aromatic carbocycles. The van der Waals surface area contributed by atoms with Crippen LogP contribution in [0.3, 0.4) is 0 Å². The van der Waals surface area contributed by atoms with E-state index in [4.69, 9.17) is 16.3 Å². The van der Waals surface area contributed by atoms with E-state index < -0.39 is 15.6 Å². The number of rotatable bonds is 8. The Morgan fingerprint density at radius 1 is 1.17 bits per heavy atom. The molecule has 160 valence electrons. The molecule has 6 nitrogen and oxygen atoms in total. The Balaban J connectivity index is 2.20. The zero-order valence-electron chi connectivity index (χ0n) is 17.2. The Hall–Kier alpha value is -2.51. The highest BCUT2D eigenvalue weighted by molar-refractivity contribution is 7.92. The number of methoxy groups -OCH3 is 1. The van der Waals surface area contributed by atoms with Gasteiger partial charge in [-0.25, -0.2) is 8.42 Å². The van der Waals surface area contributed by atoms with Gasteiger partial charge in [-0.15, -0.1) is 0 Å². The highest BCUT2D eigenvalue weighted by atomic mass is 35.5. The molecule has 1 unspecified atom stereocenters. The molecular formula is C22H25ClN2O4S. The van der Waals surface area contributed by atoms with Crippen molar-refractivity contribution in [2.24, 2.45) is 0 Å². The van der Waals surface area contributed by atoms with Crippen LogP contribution >= 0.6 is 11.6 Å². The highest BCUT2D eigenvalue weighted by Crippen LogP contribution is 2.40. The number of carbonyl (C=O) groups excluding carboxylic acids is 1. The van der Waals surface area contributed by atoms with Crippen LogP contribution in [0.25, 0.3) is 10.9 Å². The molecule has 0 saturated heterocycles. The molecule has 0 bridgehead atoms. The molecule has 0 amide bonds. The van der Waals surface area contributed by atoms with Crippen molar-refractivity contribution in [1.82, 2.24) is 4.57 Å². The summed E-state index contributed by atoms with van der Waals surface area (Å²) in [6.45, 7) is 2.07. The first-order valence-corrected chi connectivity index (χ1v) is 11.9. The number of nitrogens with zero attached hydrogens (tertiary/aromatic N) is 1. The maximum Gasteiger partial charge on any atom is 0.305 e. The first kappa shape index (κ1) is 22.2. The molecule has 1 atom stereocenters. The van der Waals surface area contributed by atoms with Gasteiger partial charge in [0.25, 0.3) is 0 Å². The highest BCUT2D eigenvalue weighted by Gasteiger charge is 2.34. The zero-order valence-corrected chi connectivity index (χ0v) is 18.8. The molecule has 30 heavy (non-hydrogen) atoms. The molecule has 0 aliphatic rings. The third kappa shape index (κ3) is 4.47. The fourth-order valence-electron chi connectivity index (χ4n) is 3.96. The number of esters is 1. The number of aromatic nitrogens is 1. The average Bonchev–Trinajstić information content (AvgIpc) is 3.14. The molecule has 0 spiro atoms. The average molecular weight is 449 g/mol. The molecule has 0 radical (unpaired) electrons. The van der Waals surface area contributed by atoms with Gasteiger partial charge in [0.15, 0.2) is 0 Å². The molecule has 3 rings (SSSR count). The van der Waals surface area contributed by atoms with Crippen molar-refractivity contribution in [3.8, 4) is 0 Å². The topological polar surface area (TPSA) is 77.4 Å². The summed E-state index contributed by atoms with van der Waals surface area (Å²) in [7, 11) is -2.04. The first-order valence-electron chi connectivity index (χ1n) is 9.61. The van der Waals surface area contributed by atoms with E-state index in [1.165, 1.54) is 7.11 Å². The lowest BCUT2D eigenvalue weighted by Gasteiger charge is -2.36. The van der Waals surface area contributed by atoms with Gasteiger partial charge >= 0.3 is 5.97 Å². The number of benzene rings is 2. The molecule has 0 aliphatic heterocycles. The van der Waals surface area contributed by atoms with Crippen molar-refractivity contribution in [3.05, 3.63) is 65.3 Å². The largest absolute Gasteiger partial charge is 0.469 e. The number of anilines is 1. The molecule has 0 aliphatic carbocycles. The second-order valence-corrected chi connectivity index (χ2v) is 9.45. The van der Waals surface area contributed by atoms with Crippen LogP contribution in [0, 0.1) is 0 Å². The first-order chi connectivity index (χ1) is 14.2. The van der Waals surface area contributed by atoms with Gasteiger partial charge < -0.3 is 9.30 Å². The molecule has 0 saturated carbocycles. The van der Waals surface area contributed by atoms with Gasteiger partial charge in [-0.1, -0.05) is 36.7 Å². The molecule has 8 heteroatoms. The number of hydrogen-bond donors (Lipinski definition) is 1. The van der Waals surface area contributed by atoms with Crippen molar-refractivity contribution in [2.75, 3.05) is 18.1 Å². The number of halogens is 1. The third-order valence-electron chi connectivity index (χ3n) is 5.43. The Bertz CT molecular complexity index is 1160. The fraction of sp³-hybridized carbons (Fsp3) is 0.318. The maximum atomic E-state index is 12.0. The number of ether oxygens (including phenoxy) is 1. The quantitative estimate of drug-likeness (QED) is 0.503. The summed E-state index contributed by atoms with van der Waals surface area (Å²) >= 11 is 6.11. The predicted octanol–water partition coefficient (Wildman–Crippen LogP) is 4.77. The van der Waals surface area contributed by atoms with Gasteiger partial charge in [0.1, 0.15) is 0 Å². The minimum Gasteiger partial charge on any atom is -0.469 e. The van der Waals surface area contributed by atoms with Crippen molar-refractivity contribution in [3.63, 3.8) is 0 Å².